The van der Waals surface area contributed by atoms with E-state index >= 15 is 8.78 Å². The molecule has 0 N–H and O–H groups in total. The van der Waals surface area contributed by atoms with Gasteiger partial charge in [0, 0.05) is 55.3 Å². The van der Waals surface area contributed by atoms with E-state index in [0.717, 1.165) is 81.5 Å². The second-order valence-electron chi connectivity index (χ2n) is 15.1. The average molecular weight is 709 g/mol. The molecular weight excluding hydrogens is 659 g/mol. The molecule has 2 aliphatic heterocycles. The smallest absolute Gasteiger partial charge is 0.305 e. The van der Waals surface area contributed by atoms with E-state index in [-0.39, 0.29) is 48.1 Å². The lowest BCUT2D eigenvalue weighted by molar-refractivity contribution is -0.152. The van der Waals surface area contributed by atoms with Gasteiger partial charge in [-0.25, -0.2) is 22.2 Å². The molecule has 2 aromatic carbocycles. The number of hydrogen-bond acceptors (Lipinski definition) is 7. The van der Waals surface area contributed by atoms with Gasteiger partial charge in [-0.3, -0.25) is 9.69 Å². The summed E-state index contributed by atoms with van der Waals surface area (Å²) in [6.07, 6.45) is 10.3. The Bertz CT molecular complexity index is 1760. The number of nitrogens with zero attached hydrogens (tertiary/aromatic N) is 4. The van der Waals surface area contributed by atoms with Gasteiger partial charge in [-0.05, 0) is 106 Å². The first-order chi connectivity index (χ1) is 24.0. The summed E-state index contributed by atoms with van der Waals surface area (Å²) in [5, 5.41) is -0.253. The number of likely N-dealkylation sites (tertiary alicyclic amines) is 1. The molecule has 2 saturated carbocycles. The zero-order chi connectivity index (χ0) is 35.1. The van der Waals surface area contributed by atoms with Gasteiger partial charge in [-0.1, -0.05) is 26.0 Å². The van der Waals surface area contributed by atoms with Gasteiger partial charge < -0.3 is 14.2 Å². The zero-order valence-electron chi connectivity index (χ0n) is 29.3. The number of halogens is 2. The molecule has 0 spiro atoms. The molecule has 2 aliphatic carbocycles. The summed E-state index contributed by atoms with van der Waals surface area (Å²) in [5.41, 5.74) is -0.104. The van der Waals surface area contributed by atoms with Gasteiger partial charge in [0.15, 0.2) is 15.5 Å². The highest BCUT2D eigenvalue weighted by Gasteiger charge is 2.54. The summed E-state index contributed by atoms with van der Waals surface area (Å²) >= 11 is 0. The van der Waals surface area contributed by atoms with E-state index in [9.17, 15) is 13.2 Å². The van der Waals surface area contributed by atoms with Crippen molar-refractivity contribution in [2.45, 2.75) is 106 Å². The van der Waals surface area contributed by atoms with Crippen LogP contribution in [0.2, 0.25) is 0 Å². The number of imidazole rings is 1. The van der Waals surface area contributed by atoms with Crippen molar-refractivity contribution in [1.82, 2.24) is 14.5 Å². The fraction of sp³-hybridized carbons (Fsp3) is 0.590. The van der Waals surface area contributed by atoms with Crippen LogP contribution in [0.4, 0.5) is 14.5 Å². The Labute approximate surface area is 295 Å². The SMILES string of the molecule is CCC(=O)O[C@H]1CCC[C@@H]1[C@](Cn1ccnc1CC)(c1cccc(F)c1)C1CCN(CC2(F)CN(c3ccc(S(=O)(=O)C4CC4)cc3)C2)CC1. The predicted octanol–water partition coefficient (Wildman–Crippen LogP) is 6.52. The quantitative estimate of drug-likeness (QED) is 0.187. The number of anilines is 1. The maximum Gasteiger partial charge on any atom is 0.305 e. The lowest BCUT2D eigenvalue weighted by Crippen LogP contribution is -2.64. The molecule has 3 atom stereocenters. The molecule has 8 nitrogen and oxygen atoms in total. The molecule has 3 heterocycles. The molecule has 0 amide bonds. The van der Waals surface area contributed by atoms with Crippen molar-refractivity contribution in [3.8, 4) is 0 Å². The third kappa shape index (κ3) is 6.84. The topological polar surface area (TPSA) is 84.7 Å². The second kappa shape index (κ2) is 14.0. The van der Waals surface area contributed by atoms with E-state index in [1.807, 2.05) is 30.3 Å². The molecule has 0 radical (unpaired) electrons. The molecule has 50 heavy (non-hydrogen) atoms. The number of rotatable bonds is 13. The number of aromatic nitrogens is 2. The molecule has 0 unspecified atom stereocenters. The Kier molecular flexibility index (Phi) is 9.84. The Morgan fingerprint density at radius 2 is 1.76 bits per heavy atom. The number of sulfone groups is 1. The Hall–Kier alpha value is -3.31. The summed E-state index contributed by atoms with van der Waals surface area (Å²) in [6.45, 7) is 6.82. The number of carbonyl (C=O) groups excluding carboxylic acids is 1. The maximum absolute atomic E-state index is 16.2. The first-order valence-electron chi connectivity index (χ1n) is 18.5. The number of esters is 1. The number of alkyl halides is 1. The number of ether oxygens (including phenoxy) is 1. The van der Waals surface area contributed by atoms with Crippen LogP contribution in [0.25, 0.3) is 0 Å². The minimum Gasteiger partial charge on any atom is -0.462 e. The molecule has 0 bridgehead atoms. The number of benzene rings is 2. The third-order valence-corrected chi connectivity index (χ3v) is 14.1. The number of hydrogen-bond donors (Lipinski definition) is 0. The van der Waals surface area contributed by atoms with Crippen molar-refractivity contribution in [3.63, 3.8) is 0 Å². The Morgan fingerprint density at radius 1 is 1.02 bits per heavy atom. The van der Waals surface area contributed by atoms with E-state index in [4.69, 9.17) is 4.74 Å². The summed E-state index contributed by atoms with van der Waals surface area (Å²) < 4.78 is 64.8. The van der Waals surface area contributed by atoms with Crippen LogP contribution in [0.15, 0.2) is 65.8 Å². The van der Waals surface area contributed by atoms with Crippen molar-refractivity contribution in [1.29, 1.82) is 0 Å². The highest BCUT2D eigenvalue weighted by Crippen LogP contribution is 2.53. The van der Waals surface area contributed by atoms with Crippen LogP contribution in [-0.4, -0.2) is 78.6 Å². The average Bonchev–Trinajstić information content (AvgIpc) is 3.73. The lowest BCUT2D eigenvalue weighted by Gasteiger charge is -2.52. The minimum atomic E-state index is -3.25. The van der Waals surface area contributed by atoms with Gasteiger partial charge in [-0.2, -0.15) is 0 Å². The first-order valence-corrected chi connectivity index (χ1v) is 20.0. The van der Waals surface area contributed by atoms with E-state index < -0.39 is 20.9 Å². The van der Waals surface area contributed by atoms with Crippen LogP contribution in [0.5, 0.6) is 0 Å². The highest BCUT2D eigenvalue weighted by molar-refractivity contribution is 7.92. The van der Waals surface area contributed by atoms with Gasteiger partial charge >= 0.3 is 5.97 Å². The van der Waals surface area contributed by atoms with Gasteiger partial charge in [0.05, 0.1) is 23.2 Å². The van der Waals surface area contributed by atoms with E-state index in [2.05, 4.69) is 21.4 Å². The van der Waals surface area contributed by atoms with E-state index in [0.29, 0.717) is 24.4 Å². The van der Waals surface area contributed by atoms with Crippen LogP contribution in [0, 0.1) is 17.7 Å². The van der Waals surface area contributed by atoms with Gasteiger partial charge in [0.2, 0.25) is 0 Å². The van der Waals surface area contributed by atoms with Gasteiger partial charge in [-0.15, -0.1) is 0 Å². The zero-order valence-corrected chi connectivity index (χ0v) is 30.1. The van der Waals surface area contributed by atoms with Crippen LogP contribution in [0.3, 0.4) is 0 Å². The number of piperidine rings is 1. The Morgan fingerprint density at radius 3 is 2.42 bits per heavy atom. The minimum absolute atomic E-state index is 0.00168. The van der Waals surface area contributed by atoms with E-state index in [1.54, 1.807) is 36.4 Å². The standard InChI is InChI=1S/C39H50F2N4O4S/c1-3-36-42-19-22-44(36)27-39(29-7-5-8-30(40)23-29,34-9-6-10-35(34)49-37(46)4-2)28-17-20-43(21-18-28)24-38(41)25-45(26-38)31-11-13-32(14-12-31)50(47,48)33-15-16-33/h5,7-8,11-14,19,22-23,28,33-35H,3-4,6,9-10,15-18,20-21,24-27H2,1-2H3/t34-,35-,39-/m0/s1. The molecule has 270 valence electrons. The lowest BCUT2D eigenvalue weighted by atomic mass is 9.58. The number of carbonyl (C=O) groups is 1. The second-order valence-corrected chi connectivity index (χ2v) is 17.3. The normalized spacial score (nSPS) is 24.1. The first kappa shape index (κ1) is 35.1. The van der Waals surface area contributed by atoms with E-state index in [1.165, 1.54) is 6.07 Å². The third-order valence-electron chi connectivity index (χ3n) is 11.9. The van der Waals surface area contributed by atoms with Crippen LogP contribution in [-0.2, 0) is 37.7 Å². The predicted molar refractivity (Wildman–Crippen MR) is 189 cm³/mol. The fourth-order valence-electron chi connectivity index (χ4n) is 9.20. The molecular formula is C39H50F2N4O4S. The largest absolute Gasteiger partial charge is 0.462 e. The summed E-state index contributed by atoms with van der Waals surface area (Å²) in [4.78, 5) is 21.8. The van der Waals surface area contributed by atoms with Crippen LogP contribution < -0.4 is 4.90 Å². The van der Waals surface area contributed by atoms with Crippen LogP contribution in [0.1, 0.15) is 76.6 Å². The molecule has 3 aromatic rings. The molecule has 1 aromatic heterocycles. The van der Waals surface area contributed by atoms with Crippen molar-refractivity contribution >= 4 is 21.5 Å². The summed E-state index contributed by atoms with van der Waals surface area (Å²) in [6, 6.07) is 13.9. The van der Waals surface area contributed by atoms with Crippen molar-refractivity contribution in [2.24, 2.45) is 11.8 Å². The van der Waals surface area contributed by atoms with Crippen molar-refractivity contribution in [2.75, 3.05) is 37.6 Å². The molecule has 7 rings (SSSR count). The summed E-state index contributed by atoms with van der Waals surface area (Å²) in [5.74, 6) is 0.637. The van der Waals surface area contributed by atoms with Crippen molar-refractivity contribution < 1.29 is 26.7 Å². The van der Waals surface area contributed by atoms with Gasteiger partial charge in [0.25, 0.3) is 0 Å². The molecule has 4 aliphatic rings. The molecule has 4 fully saturated rings. The van der Waals surface area contributed by atoms with Gasteiger partial charge in [0.1, 0.15) is 17.7 Å². The van der Waals surface area contributed by atoms with Crippen molar-refractivity contribution in [3.05, 3.63) is 78.1 Å². The molecule has 2 saturated heterocycles. The fourth-order valence-corrected chi connectivity index (χ4v) is 10.9. The maximum atomic E-state index is 16.2. The number of aryl methyl sites for hydroxylation is 1. The Balaban J connectivity index is 1.09. The summed E-state index contributed by atoms with van der Waals surface area (Å²) in [7, 11) is -3.25. The highest BCUT2D eigenvalue weighted by atomic mass is 32.2. The molecule has 11 heteroatoms. The monoisotopic (exact) mass is 708 g/mol. The van der Waals surface area contributed by atoms with Crippen LogP contribution >= 0.6 is 0 Å².